The SMILES string of the molecule is N[C@H](CCN[C@H](CCN1CC[C@H]1C(=O)O)C(=O)O)C(=O)O. The van der Waals surface area contributed by atoms with Crippen LogP contribution in [0.2, 0.25) is 0 Å². The summed E-state index contributed by atoms with van der Waals surface area (Å²) in [5.74, 6) is -3.08. The van der Waals surface area contributed by atoms with E-state index in [4.69, 9.17) is 21.1 Å². The summed E-state index contributed by atoms with van der Waals surface area (Å²) in [6.07, 6.45) is 0.954. The maximum Gasteiger partial charge on any atom is 0.320 e. The van der Waals surface area contributed by atoms with E-state index >= 15 is 0 Å². The van der Waals surface area contributed by atoms with Crippen molar-refractivity contribution in [2.45, 2.75) is 37.4 Å². The van der Waals surface area contributed by atoms with Crippen molar-refractivity contribution in [3.8, 4) is 0 Å². The van der Waals surface area contributed by atoms with Crippen molar-refractivity contribution < 1.29 is 29.7 Å². The maximum atomic E-state index is 11.1. The van der Waals surface area contributed by atoms with Gasteiger partial charge in [-0.3, -0.25) is 19.3 Å². The smallest absolute Gasteiger partial charge is 0.320 e. The minimum absolute atomic E-state index is 0.126. The van der Waals surface area contributed by atoms with Gasteiger partial charge in [0, 0.05) is 13.1 Å². The Morgan fingerprint density at radius 2 is 1.86 bits per heavy atom. The number of nitrogens with zero attached hydrogens (tertiary/aromatic N) is 1. The lowest BCUT2D eigenvalue weighted by molar-refractivity contribution is -0.148. The molecule has 1 aliphatic heterocycles. The highest BCUT2D eigenvalue weighted by atomic mass is 16.4. The van der Waals surface area contributed by atoms with Gasteiger partial charge in [-0.1, -0.05) is 0 Å². The van der Waals surface area contributed by atoms with Gasteiger partial charge in [-0.2, -0.15) is 0 Å². The minimum atomic E-state index is -1.13. The third-order valence-corrected chi connectivity index (χ3v) is 3.58. The summed E-state index contributed by atoms with van der Waals surface area (Å²) in [5.41, 5.74) is 5.32. The lowest BCUT2D eigenvalue weighted by Gasteiger charge is -2.38. The Labute approximate surface area is 121 Å². The normalized spacial score (nSPS) is 21.3. The average molecular weight is 303 g/mol. The van der Waals surface area contributed by atoms with Crippen LogP contribution >= 0.6 is 0 Å². The largest absolute Gasteiger partial charge is 0.480 e. The van der Waals surface area contributed by atoms with Crippen molar-refractivity contribution in [3.05, 3.63) is 0 Å². The van der Waals surface area contributed by atoms with Crippen LogP contribution in [0.15, 0.2) is 0 Å². The summed E-state index contributed by atoms with van der Waals surface area (Å²) in [5, 5.41) is 29.3. The first-order chi connectivity index (χ1) is 9.82. The first kappa shape index (κ1) is 17.3. The predicted molar refractivity (Wildman–Crippen MR) is 71.9 cm³/mol. The molecular formula is C12H21N3O6. The van der Waals surface area contributed by atoms with Crippen molar-refractivity contribution in [1.29, 1.82) is 0 Å². The highest BCUT2D eigenvalue weighted by Gasteiger charge is 2.34. The Morgan fingerprint density at radius 3 is 2.29 bits per heavy atom. The molecule has 21 heavy (non-hydrogen) atoms. The number of rotatable bonds is 10. The maximum absolute atomic E-state index is 11.1. The highest BCUT2D eigenvalue weighted by molar-refractivity contribution is 5.75. The van der Waals surface area contributed by atoms with E-state index in [-0.39, 0.29) is 19.4 Å². The van der Waals surface area contributed by atoms with Crippen LogP contribution in [-0.2, 0) is 14.4 Å². The average Bonchev–Trinajstić information content (AvgIpc) is 2.34. The second kappa shape index (κ2) is 7.91. The van der Waals surface area contributed by atoms with Gasteiger partial charge < -0.3 is 26.4 Å². The molecule has 1 fully saturated rings. The molecule has 0 bridgehead atoms. The molecule has 0 aromatic carbocycles. The molecule has 1 rings (SSSR count). The van der Waals surface area contributed by atoms with Crippen LogP contribution in [0, 0.1) is 0 Å². The summed E-state index contributed by atoms with van der Waals surface area (Å²) < 4.78 is 0. The van der Waals surface area contributed by atoms with Crippen molar-refractivity contribution >= 4 is 17.9 Å². The molecule has 9 nitrogen and oxygen atoms in total. The summed E-state index contributed by atoms with van der Waals surface area (Å²) in [6, 6.07) is -2.40. The molecule has 1 aliphatic rings. The van der Waals surface area contributed by atoms with Gasteiger partial charge in [-0.05, 0) is 25.8 Å². The summed E-state index contributed by atoms with van der Waals surface area (Å²) in [6.45, 7) is 1.19. The minimum Gasteiger partial charge on any atom is -0.480 e. The van der Waals surface area contributed by atoms with E-state index in [9.17, 15) is 14.4 Å². The van der Waals surface area contributed by atoms with Crippen LogP contribution in [-0.4, -0.2) is 75.9 Å². The third-order valence-electron chi connectivity index (χ3n) is 3.58. The number of nitrogens with two attached hydrogens (primary N) is 1. The number of carboxylic acids is 3. The van der Waals surface area contributed by atoms with Gasteiger partial charge in [0.05, 0.1) is 0 Å². The molecule has 0 aromatic rings. The molecule has 6 N–H and O–H groups in total. The third kappa shape index (κ3) is 5.29. The number of aliphatic carboxylic acids is 3. The molecule has 0 aliphatic carbocycles. The van der Waals surface area contributed by atoms with Gasteiger partial charge in [-0.25, -0.2) is 0 Å². The zero-order chi connectivity index (χ0) is 16.0. The van der Waals surface area contributed by atoms with Gasteiger partial charge in [-0.15, -0.1) is 0 Å². The van der Waals surface area contributed by atoms with Gasteiger partial charge in [0.1, 0.15) is 18.1 Å². The van der Waals surface area contributed by atoms with Gasteiger partial charge in [0.25, 0.3) is 0 Å². The summed E-state index contributed by atoms with van der Waals surface area (Å²) in [7, 11) is 0. The molecule has 0 aromatic heterocycles. The lowest BCUT2D eigenvalue weighted by atomic mass is 10.0. The molecule has 1 saturated heterocycles. The fraction of sp³-hybridized carbons (Fsp3) is 0.750. The van der Waals surface area contributed by atoms with E-state index in [1.807, 2.05) is 0 Å². The Balaban J connectivity index is 2.32. The van der Waals surface area contributed by atoms with Crippen LogP contribution in [0.25, 0.3) is 0 Å². The first-order valence-electron chi connectivity index (χ1n) is 6.74. The van der Waals surface area contributed by atoms with E-state index in [0.717, 1.165) is 0 Å². The Morgan fingerprint density at radius 1 is 1.19 bits per heavy atom. The molecule has 0 amide bonds. The summed E-state index contributed by atoms with van der Waals surface area (Å²) >= 11 is 0. The summed E-state index contributed by atoms with van der Waals surface area (Å²) in [4.78, 5) is 34.2. The molecule has 120 valence electrons. The molecule has 1 heterocycles. The Bertz CT molecular complexity index is 402. The van der Waals surface area contributed by atoms with Gasteiger partial charge >= 0.3 is 17.9 Å². The van der Waals surface area contributed by atoms with E-state index in [2.05, 4.69) is 5.32 Å². The number of carboxylic acid groups (broad SMARTS) is 3. The Kier molecular flexibility index (Phi) is 6.53. The number of nitrogens with one attached hydrogen (secondary N) is 1. The predicted octanol–water partition coefficient (Wildman–Crippen LogP) is -1.62. The Hall–Kier alpha value is -1.71. The fourth-order valence-corrected chi connectivity index (χ4v) is 2.13. The van der Waals surface area contributed by atoms with E-state index < -0.39 is 36.0 Å². The number of hydrogen-bond acceptors (Lipinski definition) is 6. The fourth-order valence-electron chi connectivity index (χ4n) is 2.13. The van der Waals surface area contributed by atoms with Gasteiger partial charge in [0.2, 0.25) is 0 Å². The molecular weight excluding hydrogens is 282 g/mol. The van der Waals surface area contributed by atoms with Crippen molar-refractivity contribution in [2.75, 3.05) is 19.6 Å². The van der Waals surface area contributed by atoms with Crippen LogP contribution in [0.5, 0.6) is 0 Å². The zero-order valence-corrected chi connectivity index (χ0v) is 11.6. The number of likely N-dealkylation sites (tertiary alicyclic amines) is 1. The van der Waals surface area contributed by atoms with Crippen molar-refractivity contribution in [3.63, 3.8) is 0 Å². The second-order valence-corrected chi connectivity index (χ2v) is 5.05. The standard InChI is InChI=1S/C12H21N3O6/c13-7(10(16)17)1-4-14-8(11(18)19)2-5-15-6-3-9(15)12(20)21/h7-9,14H,1-6,13H2,(H,16,17)(H,18,19)(H,20,21)/t7-,8-,9+/m1/s1. The lowest BCUT2D eigenvalue weighted by Crippen LogP contribution is -2.54. The molecule has 9 heteroatoms. The van der Waals surface area contributed by atoms with Crippen LogP contribution in [0.4, 0.5) is 0 Å². The first-order valence-corrected chi connectivity index (χ1v) is 6.74. The topological polar surface area (TPSA) is 153 Å². The molecule has 3 atom stereocenters. The molecule has 0 spiro atoms. The molecule has 0 unspecified atom stereocenters. The zero-order valence-electron chi connectivity index (χ0n) is 11.6. The van der Waals surface area contributed by atoms with Crippen LogP contribution < -0.4 is 11.1 Å². The van der Waals surface area contributed by atoms with E-state index in [0.29, 0.717) is 19.5 Å². The van der Waals surface area contributed by atoms with E-state index in [1.54, 1.807) is 4.90 Å². The second-order valence-electron chi connectivity index (χ2n) is 5.05. The van der Waals surface area contributed by atoms with E-state index in [1.165, 1.54) is 0 Å². The van der Waals surface area contributed by atoms with Gasteiger partial charge in [0.15, 0.2) is 0 Å². The van der Waals surface area contributed by atoms with Crippen LogP contribution in [0.3, 0.4) is 0 Å². The number of carbonyl (C=O) groups is 3. The van der Waals surface area contributed by atoms with Crippen molar-refractivity contribution in [2.24, 2.45) is 5.73 Å². The quantitative estimate of drug-likeness (QED) is 0.320. The monoisotopic (exact) mass is 303 g/mol. The van der Waals surface area contributed by atoms with Crippen molar-refractivity contribution in [1.82, 2.24) is 10.2 Å². The van der Waals surface area contributed by atoms with Crippen LogP contribution in [0.1, 0.15) is 19.3 Å². The molecule has 0 radical (unpaired) electrons. The molecule has 0 saturated carbocycles. The number of hydrogen-bond donors (Lipinski definition) is 5. The highest BCUT2D eigenvalue weighted by Crippen LogP contribution is 2.17.